The van der Waals surface area contributed by atoms with Crippen LogP contribution in [0.2, 0.25) is 0 Å². The van der Waals surface area contributed by atoms with E-state index in [0.29, 0.717) is 0 Å². The second kappa shape index (κ2) is 13.8. The van der Waals surface area contributed by atoms with Crippen molar-refractivity contribution in [2.75, 3.05) is 4.90 Å². The van der Waals surface area contributed by atoms with Gasteiger partial charge in [0.2, 0.25) is 0 Å². The number of fused-ring (bicyclic) bond motifs is 3. The molecule has 8 aromatic carbocycles. The highest BCUT2D eigenvalue weighted by atomic mass is 15.1. The van der Waals surface area contributed by atoms with Crippen molar-refractivity contribution in [1.29, 1.82) is 0 Å². The molecule has 0 amide bonds. The van der Waals surface area contributed by atoms with E-state index in [9.17, 15) is 0 Å². The van der Waals surface area contributed by atoms with E-state index in [-0.39, 0.29) is 0 Å². The van der Waals surface area contributed by atoms with Crippen LogP contribution in [0.1, 0.15) is 11.1 Å². The SMILES string of the molecule is C(=Cc1ccc(N(c2ccccc2)c2ccc3c(c2)c2cc(-c4ccccc4-c4ccccc4)ccc2n3-c2ccccc2)cc1)c1ccccc1. The highest BCUT2D eigenvalue weighted by molar-refractivity contribution is 6.12. The van der Waals surface area contributed by atoms with Crippen molar-refractivity contribution in [3.8, 4) is 27.9 Å². The summed E-state index contributed by atoms with van der Waals surface area (Å²) in [6.07, 6.45) is 4.33. The summed E-state index contributed by atoms with van der Waals surface area (Å²) in [5.74, 6) is 0. The minimum absolute atomic E-state index is 1.10. The summed E-state index contributed by atoms with van der Waals surface area (Å²) in [5, 5.41) is 2.43. The van der Waals surface area contributed by atoms with Gasteiger partial charge in [-0.25, -0.2) is 0 Å². The molecule has 0 spiro atoms. The first-order chi connectivity index (χ1) is 25.8. The summed E-state index contributed by atoms with van der Waals surface area (Å²) in [6, 6.07) is 73.8. The van der Waals surface area contributed by atoms with Gasteiger partial charge in [0, 0.05) is 33.5 Å². The highest BCUT2D eigenvalue weighted by Crippen LogP contribution is 2.41. The predicted molar refractivity (Wildman–Crippen MR) is 222 cm³/mol. The average molecular weight is 665 g/mol. The van der Waals surface area contributed by atoms with Crippen LogP contribution in [0.5, 0.6) is 0 Å². The summed E-state index contributed by atoms with van der Waals surface area (Å²) in [4.78, 5) is 2.35. The van der Waals surface area contributed by atoms with Gasteiger partial charge in [0.1, 0.15) is 0 Å². The third-order valence-electron chi connectivity index (χ3n) is 9.78. The average Bonchev–Trinajstić information content (AvgIpc) is 3.55. The lowest BCUT2D eigenvalue weighted by molar-refractivity contribution is 1.18. The van der Waals surface area contributed by atoms with Gasteiger partial charge in [-0.2, -0.15) is 0 Å². The van der Waals surface area contributed by atoms with E-state index in [2.05, 4.69) is 222 Å². The molecule has 0 atom stereocenters. The summed E-state index contributed by atoms with van der Waals surface area (Å²) in [6.45, 7) is 0. The molecule has 0 aliphatic rings. The molecule has 0 unspecified atom stereocenters. The van der Waals surface area contributed by atoms with Gasteiger partial charge in [-0.15, -0.1) is 0 Å². The Morgan fingerprint density at radius 2 is 0.827 bits per heavy atom. The van der Waals surface area contributed by atoms with Crippen molar-refractivity contribution in [1.82, 2.24) is 4.57 Å². The molecule has 0 aliphatic carbocycles. The van der Waals surface area contributed by atoms with E-state index in [1.165, 1.54) is 49.6 Å². The molecule has 52 heavy (non-hydrogen) atoms. The van der Waals surface area contributed by atoms with Crippen LogP contribution >= 0.6 is 0 Å². The lowest BCUT2D eigenvalue weighted by Gasteiger charge is -2.25. The second-order valence-electron chi connectivity index (χ2n) is 13.0. The Morgan fingerprint density at radius 1 is 0.346 bits per heavy atom. The maximum absolute atomic E-state index is 2.39. The molecule has 0 saturated carbocycles. The van der Waals surface area contributed by atoms with Crippen molar-refractivity contribution < 1.29 is 0 Å². The molecule has 0 aliphatic heterocycles. The Labute approximate surface area is 304 Å². The van der Waals surface area contributed by atoms with E-state index in [4.69, 9.17) is 0 Å². The van der Waals surface area contributed by atoms with E-state index < -0.39 is 0 Å². The number of hydrogen-bond donors (Lipinski definition) is 0. The first kappa shape index (κ1) is 31.1. The smallest absolute Gasteiger partial charge is 0.0542 e. The minimum Gasteiger partial charge on any atom is -0.310 e. The molecule has 246 valence electrons. The number of para-hydroxylation sites is 2. The van der Waals surface area contributed by atoms with Crippen LogP contribution in [0, 0.1) is 0 Å². The number of hydrogen-bond acceptors (Lipinski definition) is 1. The maximum atomic E-state index is 2.39. The molecule has 9 rings (SSSR count). The fourth-order valence-corrected chi connectivity index (χ4v) is 7.29. The first-order valence-electron chi connectivity index (χ1n) is 17.8. The number of nitrogens with zero attached hydrogens (tertiary/aromatic N) is 2. The standard InChI is InChI=1S/C50H36N2/c1-5-15-37(16-6-1)25-26-38-27-30-43(31-28-38)51(41-19-9-3-10-20-41)44-32-34-50-48(36-44)47-35-40(29-33-49(47)52(50)42-21-11-4-12-22-42)46-24-14-13-23-45(46)39-17-7-2-8-18-39/h1-36H. The van der Waals surface area contributed by atoms with E-state index in [0.717, 1.165) is 28.3 Å². The molecule has 0 bridgehead atoms. The second-order valence-corrected chi connectivity index (χ2v) is 13.0. The molecule has 9 aromatic rings. The Hall–Kier alpha value is -6.90. The zero-order chi connectivity index (χ0) is 34.7. The number of benzene rings is 8. The van der Waals surface area contributed by atoms with Crippen LogP contribution in [-0.2, 0) is 0 Å². The summed E-state index contributed by atoms with van der Waals surface area (Å²) in [7, 11) is 0. The fourth-order valence-electron chi connectivity index (χ4n) is 7.29. The van der Waals surface area contributed by atoms with Gasteiger partial charge < -0.3 is 9.47 Å². The van der Waals surface area contributed by atoms with E-state index >= 15 is 0 Å². The topological polar surface area (TPSA) is 8.17 Å². The number of anilines is 3. The Bertz CT molecular complexity index is 2640. The van der Waals surface area contributed by atoms with Gasteiger partial charge in [0.15, 0.2) is 0 Å². The molecular formula is C50H36N2. The quantitative estimate of drug-likeness (QED) is 0.147. The van der Waals surface area contributed by atoms with E-state index in [1.807, 2.05) is 6.07 Å². The zero-order valence-corrected chi connectivity index (χ0v) is 28.7. The summed E-state index contributed by atoms with van der Waals surface area (Å²) in [5.41, 5.74) is 14.0. The van der Waals surface area contributed by atoms with Crippen molar-refractivity contribution >= 4 is 51.0 Å². The van der Waals surface area contributed by atoms with Crippen molar-refractivity contribution in [3.05, 3.63) is 217 Å². The lowest BCUT2D eigenvalue weighted by Crippen LogP contribution is -2.09. The zero-order valence-electron chi connectivity index (χ0n) is 28.7. The molecule has 2 nitrogen and oxygen atoms in total. The lowest BCUT2D eigenvalue weighted by atomic mass is 9.94. The van der Waals surface area contributed by atoms with Gasteiger partial charge in [0.05, 0.1) is 11.0 Å². The van der Waals surface area contributed by atoms with Gasteiger partial charge in [-0.05, 0) is 100 Å². The monoisotopic (exact) mass is 664 g/mol. The van der Waals surface area contributed by atoms with Crippen molar-refractivity contribution in [3.63, 3.8) is 0 Å². The summed E-state index contributed by atoms with van der Waals surface area (Å²) < 4.78 is 2.39. The first-order valence-corrected chi connectivity index (χ1v) is 17.8. The van der Waals surface area contributed by atoms with Gasteiger partial charge in [0.25, 0.3) is 0 Å². The van der Waals surface area contributed by atoms with Crippen LogP contribution in [0.4, 0.5) is 17.1 Å². The van der Waals surface area contributed by atoms with Gasteiger partial charge >= 0.3 is 0 Å². The molecule has 0 radical (unpaired) electrons. The molecule has 1 heterocycles. The normalized spacial score (nSPS) is 11.4. The fraction of sp³-hybridized carbons (Fsp3) is 0. The van der Waals surface area contributed by atoms with Crippen LogP contribution in [0.15, 0.2) is 206 Å². The third-order valence-corrected chi connectivity index (χ3v) is 9.78. The van der Waals surface area contributed by atoms with Crippen LogP contribution in [0.25, 0.3) is 61.9 Å². The van der Waals surface area contributed by atoms with Crippen molar-refractivity contribution in [2.45, 2.75) is 0 Å². The third kappa shape index (κ3) is 5.97. The highest BCUT2D eigenvalue weighted by Gasteiger charge is 2.18. The number of rotatable bonds is 8. The molecular weight excluding hydrogens is 629 g/mol. The van der Waals surface area contributed by atoms with E-state index in [1.54, 1.807) is 0 Å². The molecule has 0 fully saturated rings. The maximum Gasteiger partial charge on any atom is 0.0542 e. The Morgan fingerprint density at radius 3 is 1.50 bits per heavy atom. The van der Waals surface area contributed by atoms with Crippen LogP contribution in [0.3, 0.4) is 0 Å². The number of aromatic nitrogens is 1. The van der Waals surface area contributed by atoms with Crippen LogP contribution < -0.4 is 4.90 Å². The molecule has 1 aromatic heterocycles. The largest absolute Gasteiger partial charge is 0.310 e. The molecule has 0 N–H and O–H groups in total. The van der Waals surface area contributed by atoms with Crippen LogP contribution in [-0.4, -0.2) is 4.57 Å². The minimum atomic E-state index is 1.10. The van der Waals surface area contributed by atoms with Crippen molar-refractivity contribution in [2.24, 2.45) is 0 Å². The molecule has 2 heteroatoms. The van der Waals surface area contributed by atoms with Gasteiger partial charge in [-0.1, -0.05) is 152 Å². The Kier molecular flexibility index (Phi) is 8.24. The Balaban J connectivity index is 1.21. The van der Waals surface area contributed by atoms with Gasteiger partial charge in [-0.3, -0.25) is 0 Å². The summed E-state index contributed by atoms with van der Waals surface area (Å²) >= 11 is 0. The predicted octanol–water partition coefficient (Wildman–Crippen LogP) is 13.8. The molecule has 0 saturated heterocycles.